The number of aromatic carboxylic acids is 1. The molecule has 0 saturated heterocycles. The van der Waals surface area contributed by atoms with Crippen LogP contribution in [0.25, 0.3) is 0 Å². The van der Waals surface area contributed by atoms with E-state index in [1.807, 2.05) is 0 Å². The van der Waals surface area contributed by atoms with E-state index in [1.54, 1.807) is 17.8 Å². The fraction of sp³-hybridized carbons (Fsp3) is 0.450. The van der Waals surface area contributed by atoms with Crippen molar-refractivity contribution in [1.82, 2.24) is 15.1 Å². The molecule has 10 heteroatoms. The Morgan fingerprint density at radius 1 is 1.27 bits per heavy atom. The zero-order valence-electron chi connectivity index (χ0n) is 16.2. The van der Waals surface area contributed by atoms with Crippen LogP contribution in [0.1, 0.15) is 57.7 Å². The molecule has 1 saturated carbocycles. The Balaban J connectivity index is 1.56. The summed E-state index contributed by atoms with van der Waals surface area (Å²) in [5, 5.41) is 15.9. The van der Waals surface area contributed by atoms with Crippen molar-refractivity contribution in [3.63, 3.8) is 0 Å². The number of halogens is 4. The van der Waals surface area contributed by atoms with E-state index in [4.69, 9.17) is 16.7 Å². The first-order valence-corrected chi connectivity index (χ1v) is 9.87. The Kier molecular flexibility index (Phi) is 6.40. The van der Waals surface area contributed by atoms with Gasteiger partial charge < -0.3 is 10.4 Å². The van der Waals surface area contributed by atoms with E-state index in [2.05, 4.69) is 10.4 Å². The Labute approximate surface area is 176 Å². The smallest absolute Gasteiger partial charge is 0.416 e. The lowest BCUT2D eigenvalue weighted by Gasteiger charge is -2.29. The number of hydrogen-bond acceptors (Lipinski definition) is 3. The number of nitrogens with one attached hydrogen (secondary N) is 1. The molecule has 0 aliphatic heterocycles. The SMILES string of the molecule is Cc1cn(CC2CCC(NC(=O)c3cc(C(F)(F)F)ccc3Cl)CC2)nc1C(=O)O. The monoisotopic (exact) mass is 443 g/mol. The van der Waals surface area contributed by atoms with Gasteiger partial charge in [-0.05, 0) is 56.7 Å². The highest BCUT2D eigenvalue weighted by molar-refractivity contribution is 6.33. The molecule has 2 aromatic rings. The predicted molar refractivity (Wildman–Crippen MR) is 104 cm³/mol. The van der Waals surface area contributed by atoms with Crippen molar-refractivity contribution in [2.45, 2.75) is 51.4 Å². The summed E-state index contributed by atoms with van der Waals surface area (Å²) in [7, 11) is 0. The Hall–Kier alpha value is -2.55. The van der Waals surface area contributed by atoms with E-state index in [1.165, 1.54) is 0 Å². The molecule has 6 nitrogen and oxygen atoms in total. The zero-order valence-corrected chi connectivity index (χ0v) is 16.9. The number of aromatic nitrogens is 2. The largest absolute Gasteiger partial charge is 0.476 e. The second kappa shape index (κ2) is 8.67. The van der Waals surface area contributed by atoms with Crippen LogP contribution in [0.2, 0.25) is 5.02 Å². The lowest BCUT2D eigenvalue weighted by atomic mass is 9.86. The molecule has 30 heavy (non-hydrogen) atoms. The third-order valence-corrected chi connectivity index (χ3v) is 5.64. The van der Waals surface area contributed by atoms with Crippen LogP contribution in [-0.2, 0) is 12.7 Å². The van der Waals surface area contributed by atoms with Crippen LogP contribution >= 0.6 is 11.6 Å². The van der Waals surface area contributed by atoms with E-state index >= 15 is 0 Å². The summed E-state index contributed by atoms with van der Waals surface area (Å²) >= 11 is 5.93. The molecule has 0 spiro atoms. The maximum Gasteiger partial charge on any atom is 0.416 e. The summed E-state index contributed by atoms with van der Waals surface area (Å²) in [6.07, 6.45) is 0.0409. The van der Waals surface area contributed by atoms with Crippen molar-refractivity contribution in [3.05, 3.63) is 51.8 Å². The second-order valence-corrected chi connectivity index (χ2v) is 7.98. The molecule has 0 atom stereocenters. The first-order chi connectivity index (χ1) is 14.0. The van der Waals surface area contributed by atoms with Crippen molar-refractivity contribution in [3.8, 4) is 0 Å². The molecule has 2 N–H and O–H groups in total. The number of carboxylic acids is 1. The van der Waals surface area contributed by atoms with Crippen molar-refractivity contribution < 1.29 is 27.9 Å². The predicted octanol–water partition coefficient (Wildman–Crippen LogP) is 4.55. The summed E-state index contributed by atoms with van der Waals surface area (Å²) in [4.78, 5) is 23.6. The first kappa shape index (κ1) is 22.1. The fourth-order valence-corrected chi connectivity index (χ4v) is 3.92. The molecule has 0 bridgehead atoms. The quantitative estimate of drug-likeness (QED) is 0.710. The van der Waals surface area contributed by atoms with Gasteiger partial charge in [0.1, 0.15) is 0 Å². The Morgan fingerprint density at radius 2 is 1.93 bits per heavy atom. The van der Waals surface area contributed by atoms with Gasteiger partial charge in [-0.3, -0.25) is 9.48 Å². The summed E-state index contributed by atoms with van der Waals surface area (Å²) in [6.45, 7) is 2.27. The third kappa shape index (κ3) is 5.13. The number of nitrogens with zero attached hydrogens (tertiary/aromatic N) is 2. The topological polar surface area (TPSA) is 84.2 Å². The molecule has 1 aliphatic carbocycles. The number of amides is 1. The van der Waals surface area contributed by atoms with E-state index in [0.29, 0.717) is 24.9 Å². The van der Waals surface area contributed by atoms with Crippen LogP contribution in [0.4, 0.5) is 13.2 Å². The molecule has 1 aliphatic rings. The second-order valence-electron chi connectivity index (χ2n) is 7.57. The number of rotatable bonds is 5. The molecule has 1 aromatic carbocycles. The number of aryl methyl sites for hydroxylation is 1. The first-order valence-electron chi connectivity index (χ1n) is 9.49. The number of carbonyl (C=O) groups excluding carboxylic acids is 1. The maximum atomic E-state index is 12.9. The molecule has 3 rings (SSSR count). The van der Waals surface area contributed by atoms with Gasteiger partial charge in [-0.2, -0.15) is 18.3 Å². The lowest BCUT2D eigenvalue weighted by Crippen LogP contribution is -2.38. The minimum atomic E-state index is -4.55. The number of benzene rings is 1. The molecule has 162 valence electrons. The molecule has 0 radical (unpaired) electrons. The van der Waals surface area contributed by atoms with E-state index in [9.17, 15) is 22.8 Å². The van der Waals surface area contributed by atoms with Gasteiger partial charge in [0.15, 0.2) is 5.69 Å². The summed E-state index contributed by atoms with van der Waals surface area (Å²) in [5.74, 6) is -1.41. The summed E-state index contributed by atoms with van der Waals surface area (Å²) in [5.41, 5.74) is -0.479. The van der Waals surface area contributed by atoms with E-state index < -0.39 is 23.6 Å². The number of hydrogen-bond donors (Lipinski definition) is 2. The number of carboxylic acid groups (broad SMARTS) is 1. The van der Waals surface area contributed by atoms with Gasteiger partial charge in [-0.1, -0.05) is 11.6 Å². The van der Waals surface area contributed by atoms with Gasteiger partial charge in [-0.25, -0.2) is 4.79 Å². The highest BCUT2D eigenvalue weighted by Gasteiger charge is 2.32. The molecular weight excluding hydrogens is 423 g/mol. The minimum absolute atomic E-state index is 0.0301. The van der Waals surface area contributed by atoms with Crippen molar-refractivity contribution in [1.29, 1.82) is 0 Å². The molecule has 1 fully saturated rings. The highest BCUT2D eigenvalue weighted by Crippen LogP contribution is 2.32. The van der Waals surface area contributed by atoms with Crippen LogP contribution in [0.15, 0.2) is 24.4 Å². The van der Waals surface area contributed by atoms with Crippen LogP contribution < -0.4 is 5.32 Å². The fourth-order valence-electron chi connectivity index (χ4n) is 3.72. The van der Waals surface area contributed by atoms with Crippen LogP contribution in [0.3, 0.4) is 0 Å². The van der Waals surface area contributed by atoms with E-state index in [0.717, 1.165) is 31.0 Å². The van der Waals surface area contributed by atoms with E-state index in [-0.39, 0.29) is 28.2 Å². The summed E-state index contributed by atoms with van der Waals surface area (Å²) < 4.78 is 40.3. The van der Waals surface area contributed by atoms with Crippen molar-refractivity contribution in [2.24, 2.45) is 5.92 Å². The Morgan fingerprint density at radius 3 is 2.50 bits per heavy atom. The zero-order chi connectivity index (χ0) is 22.1. The van der Waals surface area contributed by atoms with Gasteiger partial charge in [0.05, 0.1) is 16.1 Å². The van der Waals surface area contributed by atoms with Gasteiger partial charge in [0.25, 0.3) is 5.91 Å². The molecule has 1 heterocycles. The van der Waals surface area contributed by atoms with Gasteiger partial charge in [0, 0.05) is 24.3 Å². The Bertz CT molecular complexity index is 951. The molecule has 1 aromatic heterocycles. The van der Waals surface area contributed by atoms with Crippen molar-refractivity contribution >= 4 is 23.5 Å². The number of alkyl halides is 3. The molecule has 0 unspecified atom stereocenters. The maximum absolute atomic E-state index is 12.9. The van der Waals surface area contributed by atoms with Gasteiger partial charge >= 0.3 is 12.1 Å². The van der Waals surface area contributed by atoms with Crippen molar-refractivity contribution in [2.75, 3.05) is 0 Å². The third-order valence-electron chi connectivity index (χ3n) is 5.31. The average molecular weight is 444 g/mol. The van der Waals surface area contributed by atoms with Crippen LogP contribution in [0, 0.1) is 12.8 Å². The highest BCUT2D eigenvalue weighted by atomic mass is 35.5. The van der Waals surface area contributed by atoms with Gasteiger partial charge in [0.2, 0.25) is 0 Å². The minimum Gasteiger partial charge on any atom is -0.476 e. The summed E-state index contributed by atoms with van der Waals surface area (Å²) in [6, 6.07) is 2.53. The molecule has 1 amide bonds. The number of carbonyl (C=O) groups is 2. The van der Waals surface area contributed by atoms with Crippen LogP contribution in [0.5, 0.6) is 0 Å². The normalized spacial score (nSPS) is 19.5. The van der Waals surface area contributed by atoms with Gasteiger partial charge in [-0.15, -0.1) is 0 Å². The van der Waals surface area contributed by atoms with Crippen LogP contribution in [-0.4, -0.2) is 32.8 Å². The average Bonchev–Trinajstić information content (AvgIpc) is 3.03. The standard InChI is InChI=1S/C20H21ClF3N3O3/c1-11-9-27(26-17(11)19(29)30)10-12-2-5-14(6-3-12)25-18(28)15-8-13(20(22,23)24)4-7-16(15)21/h4,7-9,12,14H,2-3,5-6,10H2,1H3,(H,25,28)(H,29,30). The molecular formula is C20H21ClF3N3O3. The lowest BCUT2D eigenvalue weighted by molar-refractivity contribution is -0.137.